The average Bonchev–Trinajstić information content (AvgIpc) is 2.68. The van der Waals surface area contributed by atoms with Gasteiger partial charge in [0.15, 0.2) is 0 Å². The molecule has 0 amide bonds. The van der Waals surface area contributed by atoms with Gasteiger partial charge in [0, 0.05) is 12.8 Å². The normalized spacial score (nSPS) is 10.9. The van der Waals surface area contributed by atoms with Gasteiger partial charge in [-0.2, -0.15) is 0 Å². The van der Waals surface area contributed by atoms with Gasteiger partial charge in [0.2, 0.25) is 0 Å². The molecular weight excluding hydrogens is 336 g/mol. The Bertz CT molecular complexity index is 339. The zero-order valence-electron chi connectivity index (χ0n) is 18.4. The highest BCUT2D eigenvalue weighted by molar-refractivity contribution is 5.82. The third kappa shape index (κ3) is 21.3. The van der Waals surface area contributed by atoms with E-state index in [4.69, 9.17) is 0 Å². The largest absolute Gasteiger partial charge is 0.469 e. The van der Waals surface area contributed by atoms with E-state index in [9.17, 15) is 9.59 Å². The van der Waals surface area contributed by atoms with Crippen molar-refractivity contribution >= 4 is 11.8 Å². The van der Waals surface area contributed by atoms with Gasteiger partial charge in [-0.25, -0.2) is 0 Å². The fraction of sp³-hybridized carbons (Fsp3) is 0.917. The number of methoxy groups -OCH3 is 1. The first kappa shape index (κ1) is 26.1. The number of Topliss-reactive ketones (excluding diaryl/α,β-unsaturated/α-hetero) is 1. The van der Waals surface area contributed by atoms with Crippen molar-refractivity contribution in [1.29, 1.82) is 0 Å². The highest BCUT2D eigenvalue weighted by Gasteiger charge is 2.06. The minimum atomic E-state index is -0.286. The van der Waals surface area contributed by atoms with Gasteiger partial charge in [-0.15, -0.1) is 0 Å². The van der Waals surface area contributed by atoms with Crippen molar-refractivity contribution in [3.05, 3.63) is 0 Å². The second-order valence-electron chi connectivity index (χ2n) is 8.02. The van der Waals surface area contributed by atoms with Gasteiger partial charge >= 0.3 is 5.97 Å². The Morgan fingerprint density at radius 3 is 1.26 bits per heavy atom. The Morgan fingerprint density at radius 1 is 0.519 bits per heavy atom. The smallest absolute Gasteiger partial charge is 0.305 e. The Labute approximate surface area is 169 Å². The fourth-order valence-electron chi connectivity index (χ4n) is 3.52. The first-order chi connectivity index (χ1) is 13.2. The van der Waals surface area contributed by atoms with E-state index in [2.05, 4.69) is 11.7 Å². The van der Waals surface area contributed by atoms with Crippen LogP contribution in [-0.2, 0) is 14.3 Å². The van der Waals surface area contributed by atoms with Crippen LogP contribution in [0.2, 0.25) is 0 Å². The van der Waals surface area contributed by atoms with Gasteiger partial charge in [0.25, 0.3) is 0 Å². The van der Waals surface area contributed by atoms with Crippen LogP contribution in [0.3, 0.4) is 0 Å². The van der Waals surface area contributed by atoms with Crippen molar-refractivity contribution < 1.29 is 14.3 Å². The lowest BCUT2D eigenvalue weighted by Gasteiger charge is -2.04. The second kappa shape index (κ2) is 21.4. The Kier molecular flexibility index (Phi) is 20.8. The fourth-order valence-corrected chi connectivity index (χ4v) is 3.52. The van der Waals surface area contributed by atoms with Crippen molar-refractivity contribution in [2.45, 2.75) is 135 Å². The molecule has 0 aromatic rings. The molecule has 160 valence electrons. The molecule has 0 saturated carbocycles. The molecule has 0 unspecified atom stereocenters. The molecule has 0 saturated heterocycles. The monoisotopic (exact) mass is 382 g/mol. The van der Waals surface area contributed by atoms with Crippen molar-refractivity contribution in [1.82, 2.24) is 0 Å². The first-order valence-corrected chi connectivity index (χ1v) is 11.8. The summed E-state index contributed by atoms with van der Waals surface area (Å²) in [6, 6.07) is 0. The number of ketones is 1. The number of esters is 1. The van der Waals surface area contributed by atoms with E-state index in [1.807, 2.05) is 0 Å². The van der Waals surface area contributed by atoms with Gasteiger partial charge in [-0.3, -0.25) is 9.59 Å². The number of hydrogen-bond acceptors (Lipinski definition) is 3. The zero-order chi connectivity index (χ0) is 20.0. The van der Waals surface area contributed by atoms with Crippen LogP contribution in [0.4, 0.5) is 0 Å². The van der Waals surface area contributed by atoms with E-state index in [1.54, 1.807) is 0 Å². The maximum atomic E-state index is 11.6. The molecule has 0 aliphatic heterocycles. The van der Waals surface area contributed by atoms with E-state index in [1.165, 1.54) is 103 Å². The molecule has 0 aliphatic carbocycles. The topological polar surface area (TPSA) is 43.4 Å². The zero-order valence-corrected chi connectivity index (χ0v) is 18.4. The van der Waals surface area contributed by atoms with Crippen LogP contribution in [0, 0.1) is 0 Å². The molecule has 0 rings (SSSR count). The van der Waals surface area contributed by atoms with E-state index in [0.717, 1.165) is 12.8 Å². The van der Waals surface area contributed by atoms with Crippen LogP contribution in [0.25, 0.3) is 0 Å². The number of unbranched alkanes of at least 4 members (excludes halogenated alkanes) is 16. The summed E-state index contributed by atoms with van der Waals surface area (Å²) in [7, 11) is 1.36. The average molecular weight is 383 g/mol. The Morgan fingerprint density at radius 2 is 0.889 bits per heavy atom. The van der Waals surface area contributed by atoms with E-state index in [-0.39, 0.29) is 18.2 Å². The maximum Gasteiger partial charge on any atom is 0.305 e. The summed E-state index contributed by atoms with van der Waals surface area (Å²) in [5.74, 6) is -0.0906. The van der Waals surface area contributed by atoms with Crippen molar-refractivity contribution in [3.63, 3.8) is 0 Å². The molecule has 3 nitrogen and oxygen atoms in total. The number of carbonyl (C=O) groups is 2. The molecule has 27 heavy (non-hydrogen) atoms. The summed E-state index contributed by atoms with van der Waals surface area (Å²) >= 11 is 0. The molecule has 0 radical (unpaired) electrons. The quantitative estimate of drug-likeness (QED) is 0.152. The first-order valence-electron chi connectivity index (χ1n) is 11.8. The van der Waals surface area contributed by atoms with Crippen LogP contribution in [0.1, 0.15) is 135 Å². The molecule has 3 heteroatoms. The predicted octanol–water partition coefficient (Wildman–Crippen LogP) is 7.55. The number of carbonyl (C=O) groups excluding carboxylic acids is 2. The van der Waals surface area contributed by atoms with Crippen LogP contribution in [0.15, 0.2) is 0 Å². The van der Waals surface area contributed by atoms with Crippen LogP contribution >= 0.6 is 0 Å². The third-order valence-corrected chi connectivity index (χ3v) is 5.39. The number of rotatable bonds is 21. The maximum absolute atomic E-state index is 11.6. The van der Waals surface area contributed by atoms with E-state index in [0.29, 0.717) is 12.8 Å². The lowest BCUT2D eigenvalue weighted by Crippen LogP contribution is -2.05. The molecule has 0 bridgehead atoms. The SMILES string of the molecule is CCCCCCCCCCCCCCCCCCCC(=O)CCC(=O)OC. The number of hydrogen-bond donors (Lipinski definition) is 0. The molecule has 0 spiro atoms. The van der Waals surface area contributed by atoms with Gasteiger partial charge in [-0.05, 0) is 6.42 Å². The molecule has 0 heterocycles. The molecule has 0 aliphatic rings. The summed E-state index contributed by atoms with van der Waals surface area (Å²) in [5, 5.41) is 0. The molecule has 0 aromatic carbocycles. The summed E-state index contributed by atoms with van der Waals surface area (Å²) in [6.45, 7) is 2.28. The van der Waals surface area contributed by atoms with Crippen LogP contribution in [-0.4, -0.2) is 18.9 Å². The molecule has 0 atom stereocenters. The Hall–Kier alpha value is -0.860. The highest BCUT2D eigenvalue weighted by atomic mass is 16.5. The standard InChI is InChI=1S/C24H46O3/c1-3-4-5-6-7-8-9-10-11-12-13-14-15-16-17-18-19-20-23(25)21-22-24(26)27-2/h3-22H2,1-2H3. The van der Waals surface area contributed by atoms with E-state index >= 15 is 0 Å². The molecular formula is C24H46O3. The van der Waals surface area contributed by atoms with Gasteiger partial charge in [-0.1, -0.05) is 110 Å². The van der Waals surface area contributed by atoms with Crippen molar-refractivity contribution in [2.24, 2.45) is 0 Å². The summed E-state index contributed by atoms with van der Waals surface area (Å²) in [4.78, 5) is 22.6. The number of ether oxygens (including phenoxy) is 1. The Balaban J connectivity index is 3.12. The highest BCUT2D eigenvalue weighted by Crippen LogP contribution is 2.14. The van der Waals surface area contributed by atoms with Crippen LogP contribution < -0.4 is 0 Å². The van der Waals surface area contributed by atoms with Gasteiger partial charge in [0.05, 0.1) is 13.5 Å². The predicted molar refractivity (Wildman–Crippen MR) is 115 cm³/mol. The lowest BCUT2D eigenvalue weighted by atomic mass is 10.0. The minimum Gasteiger partial charge on any atom is -0.469 e. The van der Waals surface area contributed by atoms with Crippen molar-refractivity contribution in [3.8, 4) is 0 Å². The van der Waals surface area contributed by atoms with Crippen molar-refractivity contribution in [2.75, 3.05) is 7.11 Å². The second-order valence-corrected chi connectivity index (χ2v) is 8.02. The third-order valence-electron chi connectivity index (χ3n) is 5.39. The summed E-state index contributed by atoms with van der Waals surface area (Å²) in [5.41, 5.74) is 0. The lowest BCUT2D eigenvalue weighted by molar-refractivity contribution is -0.141. The minimum absolute atomic E-state index is 0.196. The summed E-state index contributed by atoms with van der Waals surface area (Å²) < 4.78 is 4.55. The molecule has 0 fully saturated rings. The summed E-state index contributed by atoms with van der Waals surface area (Å²) in [6.07, 6.45) is 24.1. The van der Waals surface area contributed by atoms with Gasteiger partial charge < -0.3 is 4.74 Å². The molecule has 0 N–H and O–H groups in total. The van der Waals surface area contributed by atoms with Crippen LogP contribution in [0.5, 0.6) is 0 Å². The molecule has 0 aromatic heterocycles. The van der Waals surface area contributed by atoms with E-state index < -0.39 is 0 Å². The van der Waals surface area contributed by atoms with Gasteiger partial charge in [0.1, 0.15) is 5.78 Å².